The van der Waals surface area contributed by atoms with Crippen molar-refractivity contribution in [1.29, 1.82) is 5.26 Å². The Kier molecular flexibility index (Phi) is 5.04. The maximum atomic E-state index is 12.6. The van der Waals surface area contributed by atoms with Crippen LogP contribution in [0.2, 0.25) is 10.0 Å². The lowest BCUT2D eigenvalue weighted by atomic mass is 9.84. The Hall–Kier alpha value is -1.08. The first-order chi connectivity index (χ1) is 9.60. The van der Waals surface area contributed by atoms with Crippen LogP contribution in [0.25, 0.3) is 0 Å². The Morgan fingerprint density at radius 2 is 2.15 bits per heavy atom. The number of hydrogen-bond donors (Lipinski definition) is 0. The summed E-state index contributed by atoms with van der Waals surface area (Å²) in [5.41, 5.74) is 0.407. The van der Waals surface area contributed by atoms with Crippen LogP contribution in [0.4, 0.5) is 0 Å². The molecular formula is C15H15Cl2NO2. The summed E-state index contributed by atoms with van der Waals surface area (Å²) in [6.07, 6.45) is 1.29. The fourth-order valence-corrected chi connectivity index (χ4v) is 3.26. The average molecular weight is 312 g/mol. The second-order valence-electron chi connectivity index (χ2n) is 4.81. The van der Waals surface area contributed by atoms with E-state index < -0.39 is 5.92 Å². The average Bonchev–Trinajstić information content (AvgIpc) is 2.90. The fourth-order valence-electron chi connectivity index (χ4n) is 2.65. The normalized spacial score (nSPS) is 23.3. The van der Waals surface area contributed by atoms with Crippen LogP contribution in [-0.4, -0.2) is 18.5 Å². The summed E-state index contributed by atoms with van der Waals surface area (Å²) in [4.78, 5) is 12.6. The molecule has 0 spiro atoms. The molecule has 1 aromatic carbocycles. The van der Waals surface area contributed by atoms with E-state index in [1.807, 2.05) is 13.0 Å². The first kappa shape index (κ1) is 15.3. The maximum Gasteiger partial charge on any atom is 0.160 e. The number of rotatable bonds is 4. The molecule has 0 N–H and O–H groups in total. The highest BCUT2D eigenvalue weighted by atomic mass is 35.5. The van der Waals surface area contributed by atoms with Crippen molar-refractivity contribution >= 4 is 29.0 Å². The lowest BCUT2D eigenvalue weighted by molar-refractivity contribution is -0.124. The van der Waals surface area contributed by atoms with Gasteiger partial charge < -0.3 is 4.74 Å². The lowest BCUT2D eigenvalue weighted by Crippen LogP contribution is -2.28. The molecule has 1 fully saturated rings. The molecule has 0 saturated carbocycles. The number of halogens is 2. The van der Waals surface area contributed by atoms with Crippen LogP contribution in [0, 0.1) is 17.2 Å². The van der Waals surface area contributed by atoms with Gasteiger partial charge in [0.15, 0.2) is 5.78 Å². The molecule has 106 valence electrons. The van der Waals surface area contributed by atoms with Crippen LogP contribution in [0.5, 0.6) is 0 Å². The number of benzene rings is 1. The SMILES string of the molecule is CCC1OCCC1C(=O)C(C#N)c1c(Cl)cccc1Cl. The molecule has 3 unspecified atom stereocenters. The van der Waals surface area contributed by atoms with Crippen molar-refractivity contribution < 1.29 is 9.53 Å². The molecule has 0 radical (unpaired) electrons. The molecule has 2 rings (SSSR count). The van der Waals surface area contributed by atoms with Crippen LogP contribution in [-0.2, 0) is 9.53 Å². The van der Waals surface area contributed by atoms with Gasteiger partial charge in [0.1, 0.15) is 5.92 Å². The smallest absolute Gasteiger partial charge is 0.160 e. The number of ketones is 1. The topological polar surface area (TPSA) is 50.1 Å². The summed E-state index contributed by atoms with van der Waals surface area (Å²) >= 11 is 12.2. The lowest BCUT2D eigenvalue weighted by Gasteiger charge is -2.19. The third-order valence-electron chi connectivity index (χ3n) is 3.68. The second-order valence-corrected chi connectivity index (χ2v) is 5.63. The van der Waals surface area contributed by atoms with E-state index in [0.29, 0.717) is 28.6 Å². The summed E-state index contributed by atoms with van der Waals surface area (Å²) in [6, 6.07) is 7.03. The minimum atomic E-state index is -0.933. The van der Waals surface area contributed by atoms with Crippen LogP contribution in [0.3, 0.4) is 0 Å². The van der Waals surface area contributed by atoms with Crippen molar-refractivity contribution in [3.8, 4) is 6.07 Å². The first-order valence-electron chi connectivity index (χ1n) is 6.59. The standard InChI is InChI=1S/C15H15Cl2NO2/c1-2-13-9(6-7-20-13)15(19)10(8-18)14-11(16)4-3-5-12(14)17/h3-5,9-10,13H,2,6-7H2,1H3. The minimum absolute atomic E-state index is 0.111. The van der Waals surface area contributed by atoms with E-state index in [4.69, 9.17) is 27.9 Å². The Balaban J connectivity index is 2.34. The summed E-state index contributed by atoms with van der Waals surface area (Å²) in [5, 5.41) is 10.1. The van der Waals surface area contributed by atoms with E-state index in [1.54, 1.807) is 18.2 Å². The minimum Gasteiger partial charge on any atom is -0.377 e. The molecule has 1 aromatic rings. The molecule has 0 amide bonds. The van der Waals surface area contributed by atoms with Crippen molar-refractivity contribution in [3.05, 3.63) is 33.8 Å². The van der Waals surface area contributed by atoms with Gasteiger partial charge in [0, 0.05) is 28.1 Å². The van der Waals surface area contributed by atoms with Gasteiger partial charge in [-0.2, -0.15) is 5.26 Å². The number of nitrogens with zero attached hydrogens (tertiary/aromatic N) is 1. The van der Waals surface area contributed by atoms with Crippen molar-refractivity contribution in [2.24, 2.45) is 5.92 Å². The van der Waals surface area contributed by atoms with Gasteiger partial charge in [-0.15, -0.1) is 0 Å². The van der Waals surface area contributed by atoms with Gasteiger partial charge in [0.05, 0.1) is 12.2 Å². The first-order valence-corrected chi connectivity index (χ1v) is 7.34. The zero-order chi connectivity index (χ0) is 14.7. The van der Waals surface area contributed by atoms with Crippen molar-refractivity contribution in [1.82, 2.24) is 0 Å². The van der Waals surface area contributed by atoms with Crippen LogP contribution in [0.15, 0.2) is 18.2 Å². The van der Waals surface area contributed by atoms with E-state index in [-0.39, 0.29) is 17.8 Å². The predicted octanol–water partition coefficient (Wildman–Crippen LogP) is 3.98. The molecule has 0 aliphatic carbocycles. The molecule has 1 aliphatic rings. The third-order valence-corrected chi connectivity index (χ3v) is 4.34. The number of nitriles is 1. The van der Waals surface area contributed by atoms with E-state index in [0.717, 1.165) is 6.42 Å². The maximum absolute atomic E-state index is 12.6. The van der Waals surface area contributed by atoms with Gasteiger partial charge in [-0.1, -0.05) is 36.2 Å². The van der Waals surface area contributed by atoms with E-state index in [9.17, 15) is 10.1 Å². The molecule has 1 heterocycles. The number of hydrogen-bond acceptors (Lipinski definition) is 3. The molecule has 5 heteroatoms. The van der Waals surface area contributed by atoms with Crippen LogP contribution in [0.1, 0.15) is 31.2 Å². The van der Waals surface area contributed by atoms with Crippen molar-refractivity contribution in [3.63, 3.8) is 0 Å². The van der Waals surface area contributed by atoms with Crippen molar-refractivity contribution in [2.45, 2.75) is 31.8 Å². The fraction of sp³-hybridized carbons (Fsp3) is 0.467. The summed E-state index contributed by atoms with van der Waals surface area (Å²) in [7, 11) is 0. The monoisotopic (exact) mass is 311 g/mol. The molecule has 0 aromatic heterocycles. The van der Waals surface area contributed by atoms with Crippen LogP contribution >= 0.6 is 23.2 Å². The third kappa shape index (κ3) is 2.83. The predicted molar refractivity (Wildman–Crippen MR) is 78.0 cm³/mol. The second kappa shape index (κ2) is 6.58. The van der Waals surface area contributed by atoms with E-state index >= 15 is 0 Å². The summed E-state index contributed by atoms with van der Waals surface area (Å²) < 4.78 is 5.53. The molecule has 3 nitrogen and oxygen atoms in total. The summed E-state index contributed by atoms with van der Waals surface area (Å²) in [5.74, 6) is -1.33. The Morgan fingerprint density at radius 1 is 1.50 bits per heavy atom. The highest BCUT2D eigenvalue weighted by Gasteiger charge is 2.38. The van der Waals surface area contributed by atoms with Crippen molar-refractivity contribution in [2.75, 3.05) is 6.61 Å². The number of carbonyl (C=O) groups is 1. The Labute approximate surface area is 128 Å². The number of ether oxygens (including phenoxy) is 1. The molecule has 0 bridgehead atoms. The molecule has 3 atom stereocenters. The molecule has 1 aliphatic heterocycles. The van der Waals surface area contributed by atoms with Crippen LogP contribution < -0.4 is 0 Å². The van der Waals surface area contributed by atoms with E-state index in [2.05, 4.69) is 0 Å². The van der Waals surface area contributed by atoms with Gasteiger partial charge in [-0.25, -0.2) is 0 Å². The number of carbonyl (C=O) groups excluding carboxylic acids is 1. The number of Topliss-reactive ketones (excluding diaryl/α,β-unsaturated/α-hetero) is 1. The van der Waals surface area contributed by atoms with Gasteiger partial charge >= 0.3 is 0 Å². The molecular weight excluding hydrogens is 297 g/mol. The van der Waals surface area contributed by atoms with Gasteiger partial charge in [0.2, 0.25) is 0 Å². The molecule has 20 heavy (non-hydrogen) atoms. The van der Waals surface area contributed by atoms with Gasteiger partial charge in [0.25, 0.3) is 0 Å². The quantitative estimate of drug-likeness (QED) is 0.845. The highest BCUT2D eigenvalue weighted by molar-refractivity contribution is 6.36. The largest absolute Gasteiger partial charge is 0.377 e. The zero-order valence-corrected chi connectivity index (χ0v) is 12.6. The van der Waals surface area contributed by atoms with E-state index in [1.165, 1.54) is 0 Å². The Morgan fingerprint density at radius 3 is 2.70 bits per heavy atom. The van der Waals surface area contributed by atoms with Gasteiger partial charge in [-0.3, -0.25) is 4.79 Å². The van der Waals surface area contributed by atoms with Gasteiger partial charge in [-0.05, 0) is 25.0 Å². The highest BCUT2D eigenvalue weighted by Crippen LogP contribution is 2.36. The molecule has 1 saturated heterocycles. The Bertz CT molecular complexity index is 533. The zero-order valence-electron chi connectivity index (χ0n) is 11.1. The summed E-state index contributed by atoms with van der Waals surface area (Å²) in [6.45, 7) is 2.53.